The molecule has 9 heteroatoms. The van der Waals surface area contributed by atoms with Gasteiger partial charge in [0, 0.05) is 18.4 Å². The average Bonchev–Trinajstić information content (AvgIpc) is 2.80. The van der Waals surface area contributed by atoms with Gasteiger partial charge < -0.3 is 9.84 Å². The molecular formula is C12H13N3O5S. The van der Waals surface area contributed by atoms with Gasteiger partial charge in [0.05, 0.1) is 16.4 Å². The maximum Gasteiger partial charge on any atom is 0.293 e. The van der Waals surface area contributed by atoms with Crippen molar-refractivity contribution in [3.63, 3.8) is 0 Å². The smallest absolute Gasteiger partial charge is 0.293 e. The summed E-state index contributed by atoms with van der Waals surface area (Å²) in [7, 11) is -3.50. The average molecular weight is 311 g/mol. The summed E-state index contributed by atoms with van der Waals surface area (Å²) in [6, 6.07) is 5.41. The van der Waals surface area contributed by atoms with E-state index in [1.165, 1.54) is 12.1 Å². The number of aromatic nitrogens is 1. The van der Waals surface area contributed by atoms with Gasteiger partial charge in [0.15, 0.2) is 9.84 Å². The lowest BCUT2D eigenvalue weighted by Crippen LogP contribution is -2.05. The number of nitro groups is 1. The van der Waals surface area contributed by atoms with Crippen molar-refractivity contribution in [3.05, 3.63) is 45.8 Å². The van der Waals surface area contributed by atoms with Crippen LogP contribution in [0.1, 0.15) is 11.5 Å². The highest BCUT2D eigenvalue weighted by Gasteiger charge is 2.18. The third-order valence-corrected chi connectivity index (χ3v) is 3.84. The van der Waals surface area contributed by atoms with Crippen LogP contribution < -0.4 is 5.32 Å². The van der Waals surface area contributed by atoms with Crippen molar-refractivity contribution in [1.29, 1.82) is 0 Å². The Bertz CT molecular complexity index is 782. The van der Waals surface area contributed by atoms with Gasteiger partial charge in [-0.15, -0.1) is 0 Å². The molecule has 0 aliphatic carbocycles. The van der Waals surface area contributed by atoms with E-state index in [2.05, 4.69) is 10.5 Å². The summed E-state index contributed by atoms with van der Waals surface area (Å²) in [5.74, 6) is 0.633. The lowest BCUT2D eigenvalue weighted by atomic mass is 10.2. The van der Waals surface area contributed by atoms with E-state index in [1.807, 2.05) is 0 Å². The van der Waals surface area contributed by atoms with Crippen molar-refractivity contribution in [1.82, 2.24) is 5.16 Å². The molecule has 8 nitrogen and oxygen atoms in total. The number of rotatable bonds is 5. The number of aryl methyl sites for hydroxylation is 1. The van der Waals surface area contributed by atoms with E-state index in [4.69, 9.17) is 4.52 Å². The fourth-order valence-electron chi connectivity index (χ4n) is 1.73. The van der Waals surface area contributed by atoms with Gasteiger partial charge in [-0.05, 0) is 19.1 Å². The zero-order valence-corrected chi connectivity index (χ0v) is 12.2. The van der Waals surface area contributed by atoms with Crippen LogP contribution in [0.5, 0.6) is 0 Å². The monoisotopic (exact) mass is 311 g/mol. The minimum absolute atomic E-state index is 0.1000. The summed E-state index contributed by atoms with van der Waals surface area (Å²) >= 11 is 0. The minimum Gasteiger partial charge on any atom is -0.374 e. The minimum atomic E-state index is -3.50. The number of nitrogens with zero attached hydrogens (tertiary/aromatic N) is 2. The molecule has 2 rings (SSSR count). The van der Waals surface area contributed by atoms with Crippen molar-refractivity contribution in [3.8, 4) is 0 Å². The molecule has 1 aromatic heterocycles. The van der Waals surface area contributed by atoms with Crippen LogP contribution >= 0.6 is 0 Å². The molecule has 0 amide bonds. The lowest BCUT2D eigenvalue weighted by molar-refractivity contribution is -0.384. The molecule has 1 N–H and O–H groups in total. The van der Waals surface area contributed by atoms with Crippen molar-refractivity contribution < 1.29 is 17.9 Å². The van der Waals surface area contributed by atoms with E-state index >= 15 is 0 Å². The van der Waals surface area contributed by atoms with E-state index in [-0.39, 0.29) is 22.8 Å². The SMILES string of the molecule is Cc1cc(CNc2ccc(S(C)(=O)=O)cc2[N+](=O)[O-])no1. The molecule has 0 saturated heterocycles. The number of nitro benzene ring substituents is 1. The normalized spacial score (nSPS) is 11.3. The van der Waals surface area contributed by atoms with Crippen LogP contribution in [-0.2, 0) is 16.4 Å². The van der Waals surface area contributed by atoms with Gasteiger partial charge >= 0.3 is 0 Å². The van der Waals surface area contributed by atoms with E-state index in [0.29, 0.717) is 11.5 Å². The first kappa shape index (κ1) is 15.0. The van der Waals surface area contributed by atoms with E-state index in [9.17, 15) is 18.5 Å². The highest BCUT2D eigenvalue weighted by atomic mass is 32.2. The predicted molar refractivity (Wildman–Crippen MR) is 74.8 cm³/mol. The summed E-state index contributed by atoms with van der Waals surface area (Å²) in [5.41, 5.74) is 0.500. The number of nitrogens with one attached hydrogen (secondary N) is 1. The van der Waals surface area contributed by atoms with Gasteiger partial charge in [-0.3, -0.25) is 10.1 Å². The Morgan fingerprint density at radius 2 is 2.10 bits per heavy atom. The molecule has 1 heterocycles. The molecule has 0 spiro atoms. The zero-order valence-electron chi connectivity index (χ0n) is 11.4. The highest BCUT2D eigenvalue weighted by molar-refractivity contribution is 7.90. The van der Waals surface area contributed by atoms with Crippen LogP contribution in [0.4, 0.5) is 11.4 Å². The van der Waals surface area contributed by atoms with Crippen molar-refractivity contribution in [2.75, 3.05) is 11.6 Å². The summed E-state index contributed by atoms with van der Waals surface area (Å²) in [6.45, 7) is 1.97. The first-order chi connectivity index (χ1) is 9.77. The van der Waals surface area contributed by atoms with E-state index in [0.717, 1.165) is 12.3 Å². The fourth-order valence-corrected chi connectivity index (χ4v) is 2.37. The number of hydrogen-bond acceptors (Lipinski definition) is 7. The summed E-state index contributed by atoms with van der Waals surface area (Å²) in [5, 5.41) is 17.7. The molecule has 0 radical (unpaired) electrons. The molecule has 0 aliphatic rings. The number of anilines is 1. The molecule has 112 valence electrons. The molecule has 0 fully saturated rings. The molecule has 0 saturated carbocycles. The Hall–Kier alpha value is -2.42. The van der Waals surface area contributed by atoms with Gasteiger partial charge in [0.2, 0.25) is 0 Å². The molecule has 0 atom stereocenters. The third kappa shape index (κ3) is 3.57. The van der Waals surface area contributed by atoms with Crippen LogP contribution in [0, 0.1) is 17.0 Å². The molecule has 0 bridgehead atoms. The molecular weight excluding hydrogens is 298 g/mol. The standard InChI is InChI=1S/C12H13N3O5S/c1-8-5-9(14-20-8)7-13-11-4-3-10(21(2,18)19)6-12(11)15(16)17/h3-6,13H,7H2,1-2H3. The number of sulfone groups is 1. The second-order valence-electron chi connectivity index (χ2n) is 4.49. The topological polar surface area (TPSA) is 115 Å². The van der Waals surface area contributed by atoms with Crippen molar-refractivity contribution in [2.24, 2.45) is 0 Å². The summed E-state index contributed by atoms with van der Waals surface area (Å²) in [6.07, 6.45) is 0.997. The van der Waals surface area contributed by atoms with Gasteiger partial charge in [0.1, 0.15) is 17.1 Å². The van der Waals surface area contributed by atoms with Crippen LogP contribution in [0.3, 0.4) is 0 Å². The van der Waals surface area contributed by atoms with Gasteiger partial charge in [0.25, 0.3) is 5.69 Å². The van der Waals surface area contributed by atoms with Gasteiger partial charge in [-0.25, -0.2) is 8.42 Å². The van der Waals surface area contributed by atoms with Crippen LogP contribution in [0.25, 0.3) is 0 Å². The Morgan fingerprint density at radius 1 is 1.38 bits per heavy atom. The Balaban J connectivity index is 2.28. The van der Waals surface area contributed by atoms with E-state index in [1.54, 1.807) is 13.0 Å². The van der Waals surface area contributed by atoms with Gasteiger partial charge in [-0.1, -0.05) is 5.16 Å². The molecule has 1 aromatic carbocycles. The number of hydrogen-bond donors (Lipinski definition) is 1. The third-order valence-electron chi connectivity index (χ3n) is 2.73. The van der Waals surface area contributed by atoms with Crippen molar-refractivity contribution >= 4 is 21.2 Å². The van der Waals surface area contributed by atoms with Crippen LogP contribution in [-0.4, -0.2) is 24.8 Å². The first-order valence-corrected chi connectivity index (χ1v) is 7.81. The first-order valence-electron chi connectivity index (χ1n) is 5.92. The number of benzene rings is 1. The quantitative estimate of drug-likeness (QED) is 0.662. The summed E-state index contributed by atoms with van der Waals surface area (Å²) < 4.78 is 27.8. The van der Waals surface area contributed by atoms with Crippen LogP contribution in [0.2, 0.25) is 0 Å². The summed E-state index contributed by atoms with van der Waals surface area (Å²) in [4.78, 5) is 10.3. The Kier molecular flexibility index (Phi) is 3.94. The Labute approximate surface area is 120 Å². The maximum atomic E-state index is 11.4. The maximum absolute atomic E-state index is 11.4. The van der Waals surface area contributed by atoms with Gasteiger partial charge in [-0.2, -0.15) is 0 Å². The second kappa shape index (κ2) is 5.52. The second-order valence-corrected chi connectivity index (χ2v) is 6.51. The molecule has 0 aliphatic heterocycles. The lowest BCUT2D eigenvalue weighted by Gasteiger charge is -2.06. The largest absolute Gasteiger partial charge is 0.374 e. The Morgan fingerprint density at radius 3 is 2.62 bits per heavy atom. The highest BCUT2D eigenvalue weighted by Crippen LogP contribution is 2.28. The predicted octanol–water partition coefficient (Wildman–Crippen LogP) is 1.91. The van der Waals surface area contributed by atoms with Crippen LogP contribution in [0.15, 0.2) is 33.7 Å². The van der Waals surface area contributed by atoms with E-state index < -0.39 is 14.8 Å². The molecule has 21 heavy (non-hydrogen) atoms. The molecule has 2 aromatic rings. The van der Waals surface area contributed by atoms with Crippen molar-refractivity contribution in [2.45, 2.75) is 18.4 Å². The zero-order chi connectivity index (χ0) is 15.6. The molecule has 0 unspecified atom stereocenters. The fraction of sp³-hybridized carbons (Fsp3) is 0.250.